The van der Waals surface area contributed by atoms with E-state index in [1.54, 1.807) is 11.8 Å². The van der Waals surface area contributed by atoms with Gasteiger partial charge in [-0.15, -0.1) is 11.8 Å². The molecule has 1 N–H and O–H groups in total. The highest BCUT2D eigenvalue weighted by Crippen LogP contribution is 2.19. The third kappa shape index (κ3) is 3.69. The first-order valence-corrected chi connectivity index (χ1v) is 7.14. The van der Waals surface area contributed by atoms with Crippen LogP contribution in [-0.2, 0) is 0 Å². The van der Waals surface area contributed by atoms with E-state index in [1.165, 1.54) is 0 Å². The van der Waals surface area contributed by atoms with Crippen LogP contribution in [0, 0.1) is 6.92 Å². The van der Waals surface area contributed by atoms with E-state index < -0.39 is 0 Å². The van der Waals surface area contributed by atoms with Crippen LogP contribution in [0.1, 0.15) is 21.5 Å². The summed E-state index contributed by atoms with van der Waals surface area (Å²) in [7, 11) is 0. The molecule has 0 aliphatic heterocycles. The number of aryl methyl sites for hydroxylation is 1. The summed E-state index contributed by atoms with van der Waals surface area (Å²) in [6.07, 6.45) is 0. The van der Waals surface area contributed by atoms with Crippen LogP contribution >= 0.6 is 11.8 Å². The summed E-state index contributed by atoms with van der Waals surface area (Å²) in [4.78, 5) is 13.3. The number of thioether (sulfide) groups is 1. The molecule has 0 aliphatic rings. The van der Waals surface area contributed by atoms with Gasteiger partial charge in [0.2, 0.25) is 0 Å². The second-order valence-corrected chi connectivity index (χ2v) is 5.46. The van der Waals surface area contributed by atoms with Crippen LogP contribution in [0.5, 0.6) is 0 Å². The fraction of sp³-hybridized carbons (Fsp3) is 0.188. The van der Waals surface area contributed by atoms with Gasteiger partial charge in [0.05, 0.1) is 6.61 Å². The van der Waals surface area contributed by atoms with Crippen LogP contribution < -0.4 is 0 Å². The summed E-state index contributed by atoms with van der Waals surface area (Å²) in [5.74, 6) is 0.712. The Hall–Kier alpha value is -1.58. The van der Waals surface area contributed by atoms with E-state index in [1.807, 2.05) is 55.5 Å². The predicted octanol–water partition coefficient (Wildman–Crippen LogP) is 3.31. The standard InChI is InChI=1S/C16H16O2S/c1-12-2-4-13(5-3-12)16(18)14-6-8-15(9-7-14)19-11-10-17/h2-9,17H,10-11H2,1H3. The van der Waals surface area contributed by atoms with Crippen molar-refractivity contribution in [3.8, 4) is 0 Å². The zero-order valence-corrected chi connectivity index (χ0v) is 11.6. The van der Waals surface area contributed by atoms with E-state index in [0.717, 1.165) is 10.5 Å². The SMILES string of the molecule is Cc1ccc(C(=O)c2ccc(SCCO)cc2)cc1. The number of hydrogen-bond acceptors (Lipinski definition) is 3. The molecule has 98 valence electrons. The molecular formula is C16H16O2S. The number of rotatable bonds is 5. The van der Waals surface area contributed by atoms with Gasteiger partial charge in [0.25, 0.3) is 0 Å². The average Bonchev–Trinajstić information content (AvgIpc) is 2.46. The van der Waals surface area contributed by atoms with Gasteiger partial charge in [0.15, 0.2) is 5.78 Å². The molecule has 2 aromatic carbocycles. The normalized spacial score (nSPS) is 10.4. The molecule has 0 bridgehead atoms. The zero-order chi connectivity index (χ0) is 13.7. The number of hydrogen-bond donors (Lipinski definition) is 1. The van der Waals surface area contributed by atoms with Crippen LogP contribution in [0.15, 0.2) is 53.4 Å². The van der Waals surface area contributed by atoms with Gasteiger partial charge in [-0.2, -0.15) is 0 Å². The van der Waals surface area contributed by atoms with Crippen LogP contribution in [0.2, 0.25) is 0 Å². The van der Waals surface area contributed by atoms with Crippen LogP contribution in [0.4, 0.5) is 0 Å². The Morgan fingerprint density at radius 1 is 1.00 bits per heavy atom. The van der Waals surface area contributed by atoms with Gasteiger partial charge in [0, 0.05) is 21.8 Å². The Labute approximate surface area is 117 Å². The second-order valence-electron chi connectivity index (χ2n) is 4.29. The average molecular weight is 272 g/mol. The van der Waals surface area contributed by atoms with E-state index in [0.29, 0.717) is 16.9 Å². The Morgan fingerprint density at radius 3 is 2.05 bits per heavy atom. The molecule has 3 heteroatoms. The molecule has 2 aromatic rings. The topological polar surface area (TPSA) is 37.3 Å². The van der Waals surface area contributed by atoms with Crippen molar-refractivity contribution in [2.45, 2.75) is 11.8 Å². The summed E-state index contributed by atoms with van der Waals surface area (Å²) in [6.45, 7) is 2.16. The van der Waals surface area contributed by atoms with Crippen molar-refractivity contribution in [3.63, 3.8) is 0 Å². The first kappa shape index (κ1) is 13.8. The zero-order valence-electron chi connectivity index (χ0n) is 10.8. The lowest BCUT2D eigenvalue weighted by Gasteiger charge is -2.04. The van der Waals surface area contributed by atoms with Crippen molar-refractivity contribution >= 4 is 17.5 Å². The Morgan fingerprint density at radius 2 is 1.53 bits per heavy atom. The fourth-order valence-electron chi connectivity index (χ4n) is 1.74. The maximum Gasteiger partial charge on any atom is 0.193 e. The maximum atomic E-state index is 12.2. The molecule has 19 heavy (non-hydrogen) atoms. The molecular weight excluding hydrogens is 256 g/mol. The quantitative estimate of drug-likeness (QED) is 0.670. The molecule has 0 fully saturated rings. The Bertz CT molecular complexity index is 544. The van der Waals surface area contributed by atoms with Crippen molar-refractivity contribution in [1.82, 2.24) is 0 Å². The molecule has 2 nitrogen and oxygen atoms in total. The number of benzene rings is 2. The van der Waals surface area contributed by atoms with Gasteiger partial charge >= 0.3 is 0 Å². The molecule has 0 spiro atoms. The van der Waals surface area contributed by atoms with Crippen molar-refractivity contribution < 1.29 is 9.90 Å². The van der Waals surface area contributed by atoms with Crippen molar-refractivity contribution in [2.75, 3.05) is 12.4 Å². The summed E-state index contributed by atoms with van der Waals surface area (Å²) in [5, 5.41) is 8.77. The number of ketones is 1. The molecule has 0 heterocycles. The van der Waals surface area contributed by atoms with Crippen LogP contribution in [0.3, 0.4) is 0 Å². The van der Waals surface area contributed by atoms with E-state index in [2.05, 4.69) is 0 Å². The third-order valence-corrected chi connectivity index (χ3v) is 3.78. The van der Waals surface area contributed by atoms with E-state index in [-0.39, 0.29) is 12.4 Å². The van der Waals surface area contributed by atoms with E-state index >= 15 is 0 Å². The number of carbonyl (C=O) groups is 1. The highest BCUT2D eigenvalue weighted by Gasteiger charge is 2.08. The molecule has 0 aromatic heterocycles. The van der Waals surface area contributed by atoms with Crippen molar-refractivity contribution in [3.05, 3.63) is 65.2 Å². The van der Waals surface area contributed by atoms with Gasteiger partial charge in [-0.3, -0.25) is 4.79 Å². The Balaban J connectivity index is 2.13. The van der Waals surface area contributed by atoms with Gasteiger partial charge in [0.1, 0.15) is 0 Å². The smallest absolute Gasteiger partial charge is 0.193 e. The fourth-order valence-corrected chi connectivity index (χ4v) is 2.39. The lowest BCUT2D eigenvalue weighted by Crippen LogP contribution is -2.00. The molecule has 2 rings (SSSR count). The molecule has 0 saturated carbocycles. The third-order valence-electron chi connectivity index (χ3n) is 2.79. The largest absolute Gasteiger partial charge is 0.396 e. The van der Waals surface area contributed by atoms with E-state index in [9.17, 15) is 4.79 Å². The first-order chi connectivity index (χ1) is 9.20. The van der Waals surface area contributed by atoms with Gasteiger partial charge in [-0.25, -0.2) is 0 Å². The van der Waals surface area contributed by atoms with Crippen molar-refractivity contribution in [2.24, 2.45) is 0 Å². The highest BCUT2D eigenvalue weighted by atomic mass is 32.2. The minimum Gasteiger partial charge on any atom is -0.396 e. The first-order valence-electron chi connectivity index (χ1n) is 6.16. The van der Waals surface area contributed by atoms with Gasteiger partial charge in [-0.05, 0) is 31.2 Å². The van der Waals surface area contributed by atoms with Crippen LogP contribution in [-0.4, -0.2) is 23.2 Å². The van der Waals surface area contributed by atoms with Gasteiger partial charge in [-0.1, -0.05) is 29.8 Å². The molecule has 0 unspecified atom stereocenters. The summed E-state index contributed by atoms with van der Waals surface area (Å²) in [6, 6.07) is 15.1. The predicted molar refractivity (Wildman–Crippen MR) is 78.9 cm³/mol. The molecule has 0 aliphatic carbocycles. The molecule has 0 atom stereocenters. The van der Waals surface area contributed by atoms with Crippen molar-refractivity contribution in [1.29, 1.82) is 0 Å². The van der Waals surface area contributed by atoms with Crippen LogP contribution in [0.25, 0.3) is 0 Å². The van der Waals surface area contributed by atoms with E-state index in [4.69, 9.17) is 5.11 Å². The lowest BCUT2D eigenvalue weighted by molar-refractivity contribution is 0.103. The molecule has 0 amide bonds. The summed E-state index contributed by atoms with van der Waals surface area (Å²) >= 11 is 1.58. The minimum atomic E-state index is 0.0405. The highest BCUT2D eigenvalue weighted by molar-refractivity contribution is 7.99. The lowest BCUT2D eigenvalue weighted by atomic mass is 10.0. The number of carbonyl (C=O) groups excluding carboxylic acids is 1. The Kier molecular flexibility index (Phi) is 4.77. The monoisotopic (exact) mass is 272 g/mol. The maximum absolute atomic E-state index is 12.2. The number of aliphatic hydroxyl groups excluding tert-OH is 1. The number of aliphatic hydroxyl groups is 1. The molecule has 0 radical (unpaired) electrons. The summed E-state index contributed by atoms with van der Waals surface area (Å²) < 4.78 is 0. The second kappa shape index (κ2) is 6.55. The molecule has 0 saturated heterocycles. The summed E-state index contributed by atoms with van der Waals surface area (Å²) in [5.41, 5.74) is 2.55. The minimum absolute atomic E-state index is 0.0405. The van der Waals surface area contributed by atoms with Gasteiger partial charge < -0.3 is 5.11 Å².